The van der Waals surface area contributed by atoms with Gasteiger partial charge in [-0.25, -0.2) is 0 Å². The average molecular weight is 87.1 g/mol. The molecule has 0 rings (SSSR count). The first-order valence-corrected chi connectivity index (χ1v) is 1.86. The Morgan fingerprint density at radius 3 is 2.20 bits per heavy atom. The van der Waals surface area contributed by atoms with E-state index >= 15 is 0 Å². The van der Waals surface area contributed by atoms with Gasteiger partial charge in [-0.15, -0.1) is 0 Å². The maximum absolute atomic E-state index is 7.82. The van der Waals surface area contributed by atoms with Crippen molar-refractivity contribution in [3.8, 4) is 6.07 Å². The summed E-state index contributed by atoms with van der Waals surface area (Å²) in [6.07, 6.45) is 0. The van der Waals surface area contributed by atoms with E-state index in [0.29, 0.717) is 0 Å². The molecule has 0 aliphatic rings. The highest BCUT2D eigenvalue weighted by molar-refractivity contribution is 7.81. The third-order valence-electron chi connectivity index (χ3n) is 0.187. The Balaban J connectivity index is 2.94. The summed E-state index contributed by atoms with van der Waals surface area (Å²) in [5.41, 5.74) is 0. The molecule has 0 N–H and O–H groups in total. The Bertz CT molecular complexity index is 52.4. The molecule has 0 aromatic heterocycles. The smallest absolute Gasteiger partial charge is 0.0858 e. The topological polar surface area (TPSA) is 23.8 Å². The minimum atomic E-state index is -0.116. The summed E-state index contributed by atoms with van der Waals surface area (Å²) in [7, 11) is 0. The first kappa shape index (κ1) is 4.84. The Kier molecular flexibility index (Phi) is 2.03. The van der Waals surface area contributed by atoms with Crippen LogP contribution in [0, 0.1) is 11.3 Å². The van der Waals surface area contributed by atoms with Crippen molar-refractivity contribution in [1.82, 2.24) is 0 Å². The lowest BCUT2D eigenvalue weighted by atomic mass is 10.5. The predicted molar refractivity (Wildman–Crippen MR) is 24.1 cm³/mol. The molecular formula is C3H5NS. The molecule has 0 aliphatic carbocycles. The molecule has 1 nitrogen and oxygen atoms in total. The molecule has 0 bridgehead atoms. The van der Waals surface area contributed by atoms with Crippen LogP contribution in [0.25, 0.3) is 0 Å². The van der Waals surface area contributed by atoms with E-state index in [4.69, 9.17) is 5.26 Å². The van der Waals surface area contributed by atoms with Gasteiger partial charge in [0.15, 0.2) is 0 Å². The van der Waals surface area contributed by atoms with Crippen LogP contribution in [0.15, 0.2) is 0 Å². The van der Waals surface area contributed by atoms with E-state index < -0.39 is 0 Å². The molecule has 0 aromatic carbocycles. The van der Waals surface area contributed by atoms with E-state index in [0.717, 1.165) is 0 Å². The first-order chi connectivity index (χ1) is 2.27. The normalized spacial score (nSPS) is 13.0. The lowest BCUT2D eigenvalue weighted by Gasteiger charge is -1.75. The van der Waals surface area contributed by atoms with Crippen LogP contribution in [0.1, 0.15) is 6.92 Å². The highest BCUT2D eigenvalue weighted by atomic mass is 32.1. The molecule has 0 aliphatic heterocycles. The van der Waals surface area contributed by atoms with Crippen molar-refractivity contribution >= 4 is 12.6 Å². The van der Waals surface area contributed by atoms with Gasteiger partial charge in [-0.3, -0.25) is 0 Å². The second-order valence-corrected chi connectivity index (χ2v) is 1.58. The summed E-state index contributed by atoms with van der Waals surface area (Å²) in [5.74, 6) is 0. The van der Waals surface area contributed by atoms with Crippen molar-refractivity contribution in [3.05, 3.63) is 0 Å². The summed E-state index contributed by atoms with van der Waals surface area (Å²) < 4.78 is 0. The molecule has 1 atom stereocenters. The van der Waals surface area contributed by atoms with E-state index in [1.807, 2.05) is 6.07 Å². The molecule has 0 saturated carbocycles. The number of hydrogen-bond donors (Lipinski definition) is 1. The molecule has 0 spiro atoms. The van der Waals surface area contributed by atoms with E-state index in [1.165, 1.54) is 0 Å². The SMILES string of the molecule is CC(S)C#N. The zero-order valence-corrected chi connectivity index (χ0v) is 3.87. The summed E-state index contributed by atoms with van der Waals surface area (Å²) in [6, 6.07) is 1.89. The second-order valence-electron chi connectivity index (χ2n) is 0.805. The maximum atomic E-state index is 7.82. The molecule has 1 unspecified atom stereocenters. The fourth-order valence-corrected chi connectivity index (χ4v) is 0. The number of nitriles is 1. The van der Waals surface area contributed by atoms with Crippen molar-refractivity contribution in [2.45, 2.75) is 12.2 Å². The van der Waals surface area contributed by atoms with Crippen LogP contribution in [0.2, 0.25) is 0 Å². The van der Waals surface area contributed by atoms with Crippen LogP contribution >= 0.6 is 12.6 Å². The molecule has 0 saturated heterocycles. The fraction of sp³-hybridized carbons (Fsp3) is 0.667. The minimum absolute atomic E-state index is 0.116. The van der Waals surface area contributed by atoms with Gasteiger partial charge in [0.1, 0.15) is 0 Å². The molecule has 0 aromatic rings. The lowest BCUT2D eigenvalue weighted by Crippen LogP contribution is -1.77. The lowest BCUT2D eigenvalue weighted by molar-refractivity contribution is 1.25. The van der Waals surface area contributed by atoms with Gasteiger partial charge in [-0.1, -0.05) is 0 Å². The van der Waals surface area contributed by atoms with Gasteiger partial charge in [-0.05, 0) is 6.92 Å². The average Bonchev–Trinajstić information content (AvgIpc) is 1.38. The number of rotatable bonds is 0. The van der Waals surface area contributed by atoms with Gasteiger partial charge in [0.05, 0.1) is 11.3 Å². The van der Waals surface area contributed by atoms with Crippen molar-refractivity contribution in [1.29, 1.82) is 5.26 Å². The summed E-state index contributed by atoms with van der Waals surface area (Å²) in [6.45, 7) is 1.73. The van der Waals surface area contributed by atoms with E-state index in [9.17, 15) is 0 Å². The Morgan fingerprint density at radius 1 is 2.00 bits per heavy atom. The van der Waals surface area contributed by atoms with Crippen LogP contribution in [0.4, 0.5) is 0 Å². The molecule has 0 amide bonds. The number of thiol groups is 1. The largest absolute Gasteiger partial charge is 0.197 e. The van der Waals surface area contributed by atoms with Crippen LogP contribution in [-0.4, -0.2) is 5.25 Å². The summed E-state index contributed by atoms with van der Waals surface area (Å²) in [4.78, 5) is 0. The molecule has 0 radical (unpaired) electrons. The number of hydrogen-bond acceptors (Lipinski definition) is 2. The van der Waals surface area contributed by atoms with Crippen LogP contribution in [0.3, 0.4) is 0 Å². The minimum Gasteiger partial charge on any atom is -0.197 e. The van der Waals surface area contributed by atoms with Gasteiger partial charge < -0.3 is 0 Å². The van der Waals surface area contributed by atoms with E-state index in [1.54, 1.807) is 6.92 Å². The highest BCUT2D eigenvalue weighted by Gasteiger charge is 1.79. The molecule has 0 fully saturated rings. The first-order valence-electron chi connectivity index (χ1n) is 1.35. The molecule has 0 heterocycles. The Morgan fingerprint density at radius 2 is 2.20 bits per heavy atom. The zero-order chi connectivity index (χ0) is 4.28. The van der Waals surface area contributed by atoms with Gasteiger partial charge in [-0.2, -0.15) is 17.9 Å². The van der Waals surface area contributed by atoms with Crippen LogP contribution < -0.4 is 0 Å². The summed E-state index contributed by atoms with van der Waals surface area (Å²) >= 11 is 3.74. The van der Waals surface area contributed by atoms with Crippen LogP contribution in [0.5, 0.6) is 0 Å². The number of nitrogens with zero attached hydrogens (tertiary/aromatic N) is 1. The zero-order valence-electron chi connectivity index (χ0n) is 2.97. The maximum Gasteiger partial charge on any atom is 0.0858 e. The standard InChI is InChI=1S/C3H5NS/c1-3(5)2-4/h3,5H,1H3. The van der Waals surface area contributed by atoms with E-state index in [-0.39, 0.29) is 5.25 Å². The quantitative estimate of drug-likeness (QED) is 0.435. The van der Waals surface area contributed by atoms with Crippen molar-refractivity contribution in [3.63, 3.8) is 0 Å². The van der Waals surface area contributed by atoms with Gasteiger partial charge in [0, 0.05) is 0 Å². The molecule has 2 heteroatoms. The van der Waals surface area contributed by atoms with Gasteiger partial charge in [0.25, 0.3) is 0 Å². The highest BCUT2D eigenvalue weighted by Crippen LogP contribution is 1.84. The molecular weight excluding hydrogens is 82.1 g/mol. The third-order valence-corrected chi connectivity index (χ3v) is 0.302. The molecule has 28 valence electrons. The second kappa shape index (κ2) is 2.10. The van der Waals surface area contributed by atoms with Crippen molar-refractivity contribution in [2.75, 3.05) is 0 Å². The van der Waals surface area contributed by atoms with Gasteiger partial charge >= 0.3 is 0 Å². The Hall–Kier alpha value is -0.160. The monoisotopic (exact) mass is 87.0 g/mol. The van der Waals surface area contributed by atoms with Crippen molar-refractivity contribution < 1.29 is 0 Å². The van der Waals surface area contributed by atoms with Gasteiger partial charge in [0.2, 0.25) is 0 Å². The van der Waals surface area contributed by atoms with Crippen molar-refractivity contribution in [2.24, 2.45) is 0 Å². The predicted octanol–water partition coefficient (Wildman–Crippen LogP) is 0.828. The Labute approximate surface area is 37.0 Å². The third kappa shape index (κ3) is 3.84. The van der Waals surface area contributed by atoms with E-state index in [2.05, 4.69) is 12.6 Å². The van der Waals surface area contributed by atoms with Crippen LogP contribution in [-0.2, 0) is 0 Å². The molecule has 5 heavy (non-hydrogen) atoms. The summed E-state index contributed by atoms with van der Waals surface area (Å²) in [5, 5.41) is 7.70. The fourth-order valence-electron chi connectivity index (χ4n) is 0.